The maximum Gasteiger partial charge on any atom is 0.160 e. The molecule has 5 atom stereocenters. The van der Waals surface area contributed by atoms with Crippen LogP contribution in [0.25, 0.3) is 0 Å². The van der Waals surface area contributed by atoms with E-state index in [2.05, 4.69) is 12.2 Å². The minimum atomic E-state index is 0.00810. The molecule has 0 heterocycles. The molecule has 14 heavy (non-hydrogen) atoms. The van der Waals surface area contributed by atoms with E-state index >= 15 is 0 Å². The van der Waals surface area contributed by atoms with Gasteiger partial charge in [0.2, 0.25) is 0 Å². The third kappa shape index (κ3) is 0.456. The summed E-state index contributed by atoms with van der Waals surface area (Å²) < 4.78 is 0. The van der Waals surface area contributed by atoms with Crippen molar-refractivity contribution in [3.63, 3.8) is 0 Å². The minimum Gasteiger partial charge on any atom is -0.295 e. The minimum absolute atomic E-state index is 0.00810. The van der Waals surface area contributed by atoms with Crippen LogP contribution in [0.15, 0.2) is 24.3 Å². The van der Waals surface area contributed by atoms with Gasteiger partial charge in [0, 0.05) is 17.3 Å². The number of carbonyl (C=O) groups excluding carboxylic acids is 2. The predicted molar refractivity (Wildman–Crippen MR) is 49.3 cm³/mol. The van der Waals surface area contributed by atoms with E-state index in [9.17, 15) is 9.59 Å². The van der Waals surface area contributed by atoms with Crippen LogP contribution in [0.4, 0.5) is 0 Å². The third-order valence-electron chi connectivity index (χ3n) is 4.79. The van der Waals surface area contributed by atoms with Crippen LogP contribution >= 0.6 is 0 Å². The lowest BCUT2D eigenvalue weighted by Crippen LogP contribution is -2.74. The average molecular weight is 186 g/mol. The number of fused-ring (bicyclic) bond motifs is 2. The molecule has 0 aromatic heterocycles. The summed E-state index contributed by atoms with van der Waals surface area (Å²) in [4.78, 5) is 23.3. The molecule has 4 aliphatic carbocycles. The molecule has 5 unspecified atom stereocenters. The van der Waals surface area contributed by atoms with E-state index in [0.29, 0.717) is 11.8 Å². The number of hydrogen-bond donors (Lipinski definition) is 0. The first kappa shape index (κ1) is 7.16. The summed E-state index contributed by atoms with van der Waals surface area (Å²) in [5, 5.41) is 0. The number of carbonyl (C=O) groups is 2. The molecule has 0 aromatic carbocycles. The summed E-state index contributed by atoms with van der Waals surface area (Å²) in [5.41, 5.74) is 0.141. The van der Waals surface area contributed by atoms with Crippen LogP contribution in [0.2, 0.25) is 0 Å². The lowest BCUT2D eigenvalue weighted by Gasteiger charge is -2.74. The molecule has 2 nitrogen and oxygen atoms in total. The summed E-state index contributed by atoms with van der Waals surface area (Å²) in [6, 6.07) is 0. The summed E-state index contributed by atoms with van der Waals surface area (Å²) in [5.74, 6) is 1.51. The molecular formula is C12H10O2. The monoisotopic (exact) mass is 186 g/mol. The van der Waals surface area contributed by atoms with Crippen LogP contribution in [0, 0.1) is 29.1 Å². The van der Waals surface area contributed by atoms with Crippen LogP contribution in [-0.4, -0.2) is 11.6 Å². The van der Waals surface area contributed by atoms with E-state index in [4.69, 9.17) is 0 Å². The van der Waals surface area contributed by atoms with Gasteiger partial charge in [0.05, 0.1) is 0 Å². The van der Waals surface area contributed by atoms with Crippen molar-refractivity contribution in [2.24, 2.45) is 29.1 Å². The zero-order chi connectivity index (χ0) is 9.50. The van der Waals surface area contributed by atoms with E-state index in [1.54, 1.807) is 0 Å². The summed E-state index contributed by atoms with van der Waals surface area (Å²) in [6.45, 7) is 0. The van der Waals surface area contributed by atoms with E-state index in [-0.39, 0.29) is 28.8 Å². The number of ketones is 2. The number of allylic oxidation sites excluding steroid dienone is 4. The molecule has 2 saturated carbocycles. The Kier molecular flexibility index (Phi) is 0.914. The highest BCUT2D eigenvalue weighted by Crippen LogP contribution is 2.76. The fourth-order valence-electron chi connectivity index (χ4n) is 4.07. The second kappa shape index (κ2) is 1.79. The van der Waals surface area contributed by atoms with E-state index in [0.717, 1.165) is 6.42 Å². The van der Waals surface area contributed by atoms with Gasteiger partial charge in [-0.1, -0.05) is 12.2 Å². The Morgan fingerprint density at radius 3 is 2.64 bits per heavy atom. The fourth-order valence-corrected chi connectivity index (χ4v) is 4.07. The van der Waals surface area contributed by atoms with Crippen molar-refractivity contribution >= 4 is 11.6 Å². The van der Waals surface area contributed by atoms with Gasteiger partial charge in [0.1, 0.15) is 0 Å². The van der Waals surface area contributed by atoms with Crippen molar-refractivity contribution < 1.29 is 9.59 Å². The molecule has 0 radical (unpaired) electrons. The van der Waals surface area contributed by atoms with Crippen molar-refractivity contribution in [2.75, 3.05) is 0 Å². The SMILES string of the molecule is O=C1C=CC(=O)C2C1C1CC3C=CC312. The van der Waals surface area contributed by atoms with Crippen molar-refractivity contribution in [3.05, 3.63) is 24.3 Å². The first-order chi connectivity index (χ1) is 6.75. The third-order valence-corrected chi connectivity index (χ3v) is 4.79. The number of rotatable bonds is 0. The van der Waals surface area contributed by atoms with Gasteiger partial charge >= 0.3 is 0 Å². The van der Waals surface area contributed by atoms with Crippen LogP contribution in [0.3, 0.4) is 0 Å². The Bertz CT molecular complexity index is 432. The second-order valence-electron chi connectivity index (χ2n) is 4.95. The maximum atomic E-state index is 11.7. The standard InChI is InChI=1S/C12H10O2/c13-8-1-2-9(14)11-10(8)7-5-6-3-4-12(6,7)11/h1-4,6-7,10-11H,5H2. The highest BCUT2D eigenvalue weighted by molar-refractivity contribution is 6.10. The molecule has 1 spiro atoms. The smallest absolute Gasteiger partial charge is 0.160 e. The maximum absolute atomic E-state index is 11.7. The quantitative estimate of drug-likeness (QED) is 0.531. The van der Waals surface area contributed by atoms with Crippen molar-refractivity contribution in [1.29, 1.82) is 0 Å². The molecular weight excluding hydrogens is 176 g/mol. The average Bonchev–Trinajstić information content (AvgIpc) is 2.10. The molecule has 0 aliphatic heterocycles. The van der Waals surface area contributed by atoms with Gasteiger partial charge in [-0.2, -0.15) is 0 Å². The molecule has 0 N–H and O–H groups in total. The molecule has 0 aromatic rings. The van der Waals surface area contributed by atoms with Crippen molar-refractivity contribution in [2.45, 2.75) is 6.42 Å². The van der Waals surface area contributed by atoms with E-state index in [1.807, 2.05) is 0 Å². The highest BCUT2D eigenvalue weighted by Gasteiger charge is 2.76. The van der Waals surface area contributed by atoms with Crippen molar-refractivity contribution in [1.82, 2.24) is 0 Å². The van der Waals surface area contributed by atoms with Crippen LogP contribution < -0.4 is 0 Å². The van der Waals surface area contributed by atoms with Gasteiger partial charge in [0.25, 0.3) is 0 Å². The molecule has 0 bridgehead atoms. The Morgan fingerprint density at radius 1 is 1.21 bits per heavy atom. The van der Waals surface area contributed by atoms with Crippen LogP contribution in [0.5, 0.6) is 0 Å². The fraction of sp³-hybridized carbons (Fsp3) is 0.500. The number of hydrogen-bond acceptors (Lipinski definition) is 2. The van der Waals surface area contributed by atoms with Gasteiger partial charge in [-0.15, -0.1) is 0 Å². The van der Waals surface area contributed by atoms with Gasteiger partial charge < -0.3 is 0 Å². The molecule has 4 aliphatic rings. The molecule has 70 valence electrons. The predicted octanol–water partition coefficient (Wildman–Crippen LogP) is 1.13. The first-order valence-corrected chi connectivity index (χ1v) is 5.20. The summed E-state index contributed by atoms with van der Waals surface area (Å²) in [7, 11) is 0. The Labute approximate surface area is 81.7 Å². The zero-order valence-electron chi connectivity index (χ0n) is 7.64. The second-order valence-corrected chi connectivity index (χ2v) is 4.95. The van der Waals surface area contributed by atoms with Gasteiger partial charge in [0.15, 0.2) is 11.6 Å². The van der Waals surface area contributed by atoms with E-state index in [1.165, 1.54) is 12.2 Å². The first-order valence-electron chi connectivity index (χ1n) is 5.20. The van der Waals surface area contributed by atoms with Crippen molar-refractivity contribution in [3.8, 4) is 0 Å². The Balaban J connectivity index is 1.85. The van der Waals surface area contributed by atoms with Crippen LogP contribution in [-0.2, 0) is 9.59 Å². The zero-order valence-corrected chi connectivity index (χ0v) is 7.64. The molecule has 4 rings (SSSR count). The summed E-state index contributed by atoms with van der Waals surface area (Å²) in [6.07, 6.45) is 8.47. The molecule has 2 fully saturated rings. The van der Waals surface area contributed by atoms with Gasteiger partial charge in [-0.25, -0.2) is 0 Å². The normalized spacial score (nSPS) is 56.3. The van der Waals surface area contributed by atoms with Gasteiger partial charge in [-0.3, -0.25) is 9.59 Å². The van der Waals surface area contributed by atoms with Gasteiger partial charge in [-0.05, 0) is 30.4 Å². The van der Waals surface area contributed by atoms with Crippen LogP contribution in [0.1, 0.15) is 6.42 Å². The lowest BCUT2D eigenvalue weighted by molar-refractivity contribution is -0.210. The van der Waals surface area contributed by atoms with E-state index < -0.39 is 0 Å². The molecule has 0 amide bonds. The molecule has 0 saturated heterocycles. The summed E-state index contributed by atoms with van der Waals surface area (Å²) >= 11 is 0. The highest BCUT2D eigenvalue weighted by atomic mass is 16.1. The Morgan fingerprint density at radius 2 is 2.00 bits per heavy atom. The lowest BCUT2D eigenvalue weighted by atomic mass is 9.28. The topological polar surface area (TPSA) is 34.1 Å². The Hall–Kier alpha value is -1.18. The molecule has 2 heteroatoms. The largest absolute Gasteiger partial charge is 0.295 e.